The summed E-state index contributed by atoms with van der Waals surface area (Å²) >= 11 is 0. The second-order valence-corrected chi connectivity index (χ2v) is 8.19. The van der Waals surface area contributed by atoms with Gasteiger partial charge in [0, 0.05) is 13.1 Å². The maximum Gasteiger partial charge on any atom is 0.242 e. The van der Waals surface area contributed by atoms with Crippen molar-refractivity contribution in [2.45, 2.75) is 72.9 Å². The number of aryl methyl sites for hydroxylation is 3. The van der Waals surface area contributed by atoms with Crippen LogP contribution in [0.2, 0.25) is 0 Å². The summed E-state index contributed by atoms with van der Waals surface area (Å²) in [5.41, 5.74) is 5.46. The normalized spacial score (nSPS) is 11.8. The average molecular weight is 409 g/mol. The fourth-order valence-corrected chi connectivity index (χ4v) is 3.69. The van der Waals surface area contributed by atoms with Crippen molar-refractivity contribution in [3.05, 3.63) is 70.3 Å². The molecule has 0 bridgehead atoms. The zero-order valence-corrected chi connectivity index (χ0v) is 19.1. The molecule has 4 heteroatoms. The van der Waals surface area contributed by atoms with Gasteiger partial charge in [-0.15, -0.1) is 0 Å². The lowest BCUT2D eigenvalue weighted by molar-refractivity contribution is -0.140. The second-order valence-electron chi connectivity index (χ2n) is 8.19. The first kappa shape index (κ1) is 23.7. The van der Waals surface area contributed by atoms with E-state index in [0.29, 0.717) is 25.9 Å². The minimum atomic E-state index is -0.472. The number of carbonyl (C=O) groups is 2. The van der Waals surface area contributed by atoms with Gasteiger partial charge in [0.05, 0.1) is 6.42 Å². The summed E-state index contributed by atoms with van der Waals surface area (Å²) in [6.07, 6.45) is 2.85. The van der Waals surface area contributed by atoms with Crippen LogP contribution in [0.25, 0.3) is 0 Å². The molecule has 1 N–H and O–H groups in total. The first-order chi connectivity index (χ1) is 14.3. The number of carbonyl (C=O) groups excluding carboxylic acids is 2. The summed E-state index contributed by atoms with van der Waals surface area (Å²) < 4.78 is 0. The largest absolute Gasteiger partial charge is 0.354 e. The van der Waals surface area contributed by atoms with Crippen LogP contribution in [0.5, 0.6) is 0 Å². The molecule has 2 amide bonds. The highest BCUT2D eigenvalue weighted by Crippen LogP contribution is 2.18. The highest BCUT2D eigenvalue weighted by Gasteiger charge is 2.28. The minimum absolute atomic E-state index is 0.0114. The van der Waals surface area contributed by atoms with Gasteiger partial charge in [0.2, 0.25) is 11.8 Å². The first-order valence-corrected chi connectivity index (χ1v) is 11.0. The van der Waals surface area contributed by atoms with E-state index < -0.39 is 6.04 Å². The molecule has 0 spiro atoms. The number of amides is 2. The molecule has 2 rings (SSSR count). The van der Waals surface area contributed by atoms with Gasteiger partial charge in [-0.05, 0) is 50.3 Å². The Balaban J connectivity index is 2.29. The van der Waals surface area contributed by atoms with Crippen LogP contribution in [0, 0.1) is 20.8 Å². The van der Waals surface area contributed by atoms with Crippen molar-refractivity contribution in [1.82, 2.24) is 10.2 Å². The Morgan fingerprint density at radius 3 is 2.40 bits per heavy atom. The van der Waals surface area contributed by atoms with Crippen LogP contribution in [-0.4, -0.2) is 29.3 Å². The third-order valence-electron chi connectivity index (χ3n) is 5.50. The summed E-state index contributed by atoms with van der Waals surface area (Å²) in [5.74, 6) is -0.0735. The van der Waals surface area contributed by atoms with Crippen molar-refractivity contribution in [2.24, 2.45) is 0 Å². The Hall–Kier alpha value is -2.62. The summed E-state index contributed by atoms with van der Waals surface area (Å²) in [6.45, 7) is 11.3. The van der Waals surface area contributed by atoms with Crippen LogP contribution in [0.3, 0.4) is 0 Å². The molecule has 0 unspecified atom stereocenters. The third kappa shape index (κ3) is 6.72. The van der Waals surface area contributed by atoms with Gasteiger partial charge in [-0.25, -0.2) is 0 Å². The van der Waals surface area contributed by atoms with E-state index in [1.165, 1.54) is 0 Å². The fraction of sp³-hybridized carbons (Fsp3) is 0.462. The maximum atomic E-state index is 13.4. The molecule has 30 heavy (non-hydrogen) atoms. The predicted octanol–water partition coefficient (Wildman–Crippen LogP) is 4.88. The number of nitrogens with zero attached hydrogens (tertiary/aromatic N) is 1. The molecule has 0 saturated carbocycles. The van der Waals surface area contributed by atoms with Gasteiger partial charge < -0.3 is 10.2 Å². The number of hydrogen-bond acceptors (Lipinski definition) is 2. The molecule has 0 radical (unpaired) electrons. The number of benzene rings is 2. The van der Waals surface area contributed by atoms with E-state index in [0.717, 1.165) is 40.7 Å². The van der Waals surface area contributed by atoms with Crippen LogP contribution in [0.1, 0.15) is 60.9 Å². The van der Waals surface area contributed by atoms with Gasteiger partial charge in [-0.2, -0.15) is 0 Å². The maximum absolute atomic E-state index is 13.4. The van der Waals surface area contributed by atoms with E-state index in [9.17, 15) is 9.59 Å². The van der Waals surface area contributed by atoms with Gasteiger partial charge in [0.15, 0.2) is 0 Å². The van der Waals surface area contributed by atoms with Crippen molar-refractivity contribution in [2.75, 3.05) is 6.54 Å². The van der Waals surface area contributed by atoms with E-state index in [2.05, 4.69) is 36.5 Å². The molecule has 0 fully saturated rings. The molecule has 0 aliphatic rings. The molecule has 2 aromatic carbocycles. The molecule has 0 heterocycles. The van der Waals surface area contributed by atoms with Crippen LogP contribution < -0.4 is 5.32 Å². The molecule has 0 aromatic heterocycles. The highest BCUT2D eigenvalue weighted by molar-refractivity contribution is 5.88. The molecule has 1 atom stereocenters. The molecule has 0 saturated heterocycles. The number of rotatable bonds is 10. The molecule has 2 aromatic rings. The Morgan fingerprint density at radius 1 is 1.00 bits per heavy atom. The molecule has 4 nitrogen and oxygen atoms in total. The number of nitrogens with one attached hydrogen (secondary N) is 1. The standard InChI is InChI=1S/C26H36N2O2/c1-6-8-14-27-26(30)24(7-2)28(18-22-11-9-10-19(3)15-22)25(29)17-23-16-20(4)12-13-21(23)5/h9-13,15-16,24H,6-8,14,17-18H2,1-5H3,(H,27,30)/t24-/m1/s1. The van der Waals surface area contributed by atoms with Gasteiger partial charge in [-0.1, -0.05) is 73.9 Å². The lowest BCUT2D eigenvalue weighted by Crippen LogP contribution is -2.49. The van der Waals surface area contributed by atoms with E-state index in [4.69, 9.17) is 0 Å². The van der Waals surface area contributed by atoms with E-state index in [1.807, 2.05) is 45.9 Å². The quantitative estimate of drug-likeness (QED) is 0.570. The number of hydrogen-bond donors (Lipinski definition) is 1. The van der Waals surface area contributed by atoms with Gasteiger partial charge >= 0.3 is 0 Å². The fourth-order valence-electron chi connectivity index (χ4n) is 3.69. The lowest BCUT2D eigenvalue weighted by atomic mass is 10.0. The third-order valence-corrected chi connectivity index (χ3v) is 5.50. The van der Waals surface area contributed by atoms with Crippen molar-refractivity contribution in [3.63, 3.8) is 0 Å². The van der Waals surface area contributed by atoms with Crippen LogP contribution in [-0.2, 0) is 22.6 Å². The van der Waals surface area contributed by atoms with Crippen LogP contribution in [0.15, 0.2) is 42.5 Å². The van der Waals surface area contributed by atoms with Gasteiger partial charge in [0.25, 0.3) is 0 Å². The highest BCUT2D eigenvalue weighted by atomic mass is 16.2. The van der Waals surface area contributed by atoms with E-state index >= 15 is 0 Å². The Kier molecular flexibility index (Phi) is 9.10. The number of unbranched alkanes of at least 4 members (excludes halogenated alkanes) is 1. The van der Waals surface area contributed by atoms with E-state index in [1.54, 1.807) is 4.90 Å². The summed E-state index contributed by atoms with van der Waals surface area (Å²) in [5, 5.41) is 3.02. The van der Waals surface area contributed by atoms with Crippen LogP contribution >= 0.6 is 0 Å². The van der Waals surface area contributed by atoms with Crippen molar-refractivity contribution in [3.8, 4) is 0 Å². The summed E-state index contributed by atoms with van der Waals surface area (Å²) in [7, 11) is 0. The molecular weight excluding hydrogens is 372 g/mol. The molecule has 162 valence electrons. The zero-order valence-electron chi connectivity index (χ0n) is 19.1. The van der Waals surface area contributed by atoms with Crippen molar-refractivity contribution in [1.29, 1.82) is 0 Å². The van der Waals surface area contributed by atoms with Crippen molar-refractivity contribution < 1.29 is 9.59 Å². The smallest absolute Gasteiger partial charge is 0.242 e. The predicted molar refractivity (Wildman–Crippen MR) is 123 cm³/mol. The average Bonchev–Trinajstić information content (AvgIpc) is 2.70. The second kappa shape index (κ2) is 11.5. The Labute approximate surface area is 181 Å². The molecular formula is C26H36N2O2. The van der Waals surface area contributed by atoms with Crippen molar-refractivity contribution >= 4 is 11.8 Å². The Bertz CT molecular complexity index is 860. The van der Waals surface area contributed by atoms with E-state index in [-0.39, 0.29) is 11.8 Å². The van der Waals surface area contributed by atoms with Crippen LogP contribution in [0.4, 0.5) is 0 Å². The monoisotopic (exact) mass is 408 g/mol. The SMILES string of the molecule is CCCCNC(=O)[C@@H](CC)N(Cc1cccc(C)c1)C(=O)Cc1cc(C)ccc1C. The topological polar surface area (TPSA) is 49.4 Å². The minimum Gasteiger partial charge on any atom is -0.354 e. The molecule has 0 aliphatic heterocycles. The zero-order chi connectivity index (χ0) is 22.1. The first-order valence-electron chi connectivity index (χ1n) is 11.0. The summed E-state index contributed by atoms with van der Waals surface area (Å²) in [4.78, 5) is 28.1. The van der Waals surface area contributed by atoms with Gasteiger partial charge in [-0.3, -0.25) is 9.59 Å². The summed E-state index contributed by atoms with van der Waals surface area (Å²) in [6, 6.07) is 13.9. The van der Waals surface area contributed by atoms with Gasteiger partial charge in [0.1, 0.15) is 6.04 Å². The lowest BCUT2D eigenvalue weighted by Gasteiger charge is -2.31. The molecule has 0 aliphatic carbocycles. The Morgan fingerprint density at radius 2 is 1.73 bits per heavy atom.